The highest BCUT2D eigenvalue weighted by molar-refractivity contribution is 5.17. The molecule has 2 aromatic heterocycles. The molecular weight excluding hydrogens is 255 g/mol. The molecule has 0 amide bonds. The van der Waals surface area contributed by atoms with Gasteiger partial charge >= 0.3 is 0 Å². The molecule has 0 spiro atoms. The number of aryl methyl sites for hydroxylation is 2. The molecule has 0 bridgehead atoms. The van der Waals surface area contributed by atoms with E-state index in [1.54, 1.807) is 12.3 Å². The van der Waals surface area contributed by atoms with Crippen LogP contribution in [0.25, 0.3) is 0 Å². The highest BCUT2D eigenvalue weighted by Crippen LogP contribution is 2.19. The van der Waals surface area contributed by atoms with E-state index in [2.05, 4.69) is 35.3 Å². The van der Waals surface area contributed by atoms with Gasteiger partial charge < -0.3 is 5.32 Å². The molecule has 1 N–H and O–H groups in total. The van der Waals surface area contributed by atoms with Gasteiger partial charge in [-0.3, -0.25) is 9.67 Å². The van der Waals surface area contributed by atoms with E-state index in [1.165, 1.54) is 6.07 Å². The van der Waals surface area contributed by atoms with Gasteiger partial charge in [-0.25, -0.2) is 4.39 Å². The molecule has 2 rings (SSSR count). The third kappa shape index (κ3) is 3.04. The van der Waals surface area contributed by atoms with Crippen molar-refractivity contribution in [3.05, 3.63) is 47.3 Å². The topological polar surface area (TPSA) is 42.7 Å². The summed E-state index contributed by atoms with van der Waals surface area (Å²) in [6.07, 6.45) is 3.20. The van der Waals surface area contributed by atoms with E-state index in [0.29, 0.717) is 12.1 Å². The third-order valence-corrected chi connectivity index (χ3v) is 3.45. The summed E-state index contributed by atoms with van der Waals surface area (Å²) < 4.78 is 15.8. The standard InChI is InChI=1S/C15H21FN4/c1-4-11-9-12(20(5-2)19-11)10-14(17-3)15-13(16)7-6-8-18-15/h6-9,14,17H,4-5,10H2,1-3H3. The van der Waals surface area contributed by atoms with Gasteiger partial charge in [0, 0.05) is 24.9 Å². The SMILES string of the molecule is CCc1cc(CC(NC)c2ncccc2F)n(CC)n1. The molecule has 0 aliphatic carbocycles. The van der Waals surface area contributed by atoms with Crippen LogP contribution >= 0.6 is 0 Å². The molecule has 0 fully saturated rings. The highest BCUT2D eigenvalue weighted by Gasteiger charge is 2.18. The number of hydrogen-bond donors (Lipinski definition) is 1. The molecule has 0 aromatic carbocycles. The smallest absolute Gasteiger partial charge is 0.146 e. The van der Waals surface area contributed by atoms with Crippen LogP contribution in [0.5, 0.6) is 0 Å². The van der Waals surface area contributed by atoms with E-state index in [1.807, 2.05) is 11.7 Å². The molecule has 0 aliphatic heterocycles. The van der Waals surface area contributed by atoms with Crippen LogP contribution in [0.2, 0.25) is 0 Å². The number of pyridine rings is 1. The van der Waals surface area contributed by atoms with Crippen molar-refractivity contribution in [2.24, 2.45) is 0 Å². The summed E-state index contributed by atoms with van der Waals surface area (Å²) in [6.45, 7) is 4.96. The van der Waals surface area contributed by atoms with Gasteiger partial charge in [-0.1, -0.05) is 6.92 Å². The quantitative estimate of drug-likeness (QED) is 0.881. The summed E-state index contributed by atoms with van der Waals surface area (Å²) in [6, 6.07) is 5.00. The summed E-state index contributed by atoms with van der Waals surface area (Å²) in [7, 11) is 1.83. The Hall–Kier alpha value is -1.75. The average Bonchev–Trinajstić information content (AvgIpc) is 2.88. The van der Waals surface area contributed by atoms with E-state index < -0.39 is 0 Å². The van der Waals surface area contributed by atoms with Crippen LogP contribution in [-0.2, 0) is 19.4 Å². The first kappa shape index (κ1) is 14.7. The Balaban J connectivity index is 2.26. The first-order valence-electron chi connectivity index (χ1n) is 7.02. The van der Waals surface area contributed by atoms with Crippen molar-refractivity contribution in [1.29, 1.82) is 0 Å². The maximum Gasteiger partial charge on any atom is 0.146 e. The van der Waals surface area contributed by atoms with Gasteiger partial charge in [0.15, 0.2) is 0 Å². The maximum absolute atomic E-state index is 13.9. The fourth-order valence-corrected chi connectivity index (χ4v) is 2.32. The molecule has 108 valence electrons. The van der Waals surface area contributed by atoms with Crippen LogP contribution in [0.15, 0.2) is 24.4 Å². The lowest BCUT2D eigenvalue weighted by molar-refractivity contribution is 0.496. The van der Waals surface area contributed by atoms with Crippen LogP contribution in [-0.4, -0.2) is 21.8 Å². The summed E-state index contributed by atoms with van der Waals surface area (Å²) in [4.78, 5) is 4.16. The summed E-state index contributed by atoms with van der Waals surface area (Å²) in [5.41, 5.74) is 2.63. The minimum Gasteiger partial charge on any atom is -0.311 e. The number of hydrogen-bond acceptors (Lipinski definition) is 3. The highest BCUT2D eigenvalue weighted by atomic mass is 19.1. The molecule has 2 aromatic rings. The van der Waals surface area contributed by atoms with Gasteiger partial charge in [0.1, 0.15) is 5.82 Å². The van der Waals surface area contributed by atoms with Crippen molar-refractivity contribution in [3.63, 3.8) is 0 Å². The lowest BCUT2D eigenvalue weighted by Gasteiger charge is -2.16. The summed E-state index contributed by atoms with van der Waals surface area (Å²) >= 11 is 0. The molecule has 0 saturated carbocycles. The molecular formula is C15H21FN4. The second kappa shape index (κ2) is 6.61. The number of nitrogens with zero attached hydrogens (tertiary/aromatic N) is 3. The fraction of sp³-hybridized carbons (Fsp3) is 0.467. The zero-order valence-electron chi connectivity index (χ0n) is 12.2. The Morgan fingerprint density at radius 2 is 2.20 bits per heavy atom. The Kier molecular flexibility index (Phi) is 4.84. The molecule has 4 nitrogen and oxygen atoms in total. The van der Waals surface area contributed by atoms with Crippen molar-refractivity contribution >= 4 is 0 Å². The lowest BCUT2D eigenvalue weighted by Crippen LogP contribution is -2.22. The number of aromatic nitrogens is 3. The Labute approximate surface area is 119 Å². The van der Waals surface area contributed by atoms with Crippen molar-refractivity contribution in [3.8, 4) is 0 Å². The van der Waals surface area contributed by atoms with Gasteiger partial charge in [0.2, 0.25) is 0 Å². The molecule has 1 unspecified atom stereocenters. The molecule has 1 atom stereocenters. The second-order valence-electron chi connectivity index (χ2n) is 4.71. The molecule has 0 saturated heterocycles. The number of nitrogens with one attached hydrogen (secondary N) is 1. The van der Waals surface area contributed by atoms with Gasteiger partial charge in [-0.15, -0.1) is 0 Å². The molecule has 2 heterocycles. The zero-order valence-corrected chi connectivity index (χ0v) is 12.2. The van der Waals surface area contributed by atoms with Crippen molar-refractivity contribution in [1.82, 2.24) is 20.1 Å². The van der Waals surface area contributed by atoms with Gasteiger partial charge in [-0.2, -0.15) is 5.10 Å². The van der Waals surface area contributed by atoms with Crippen LogP contribution in [0.4, 0.5) is 4.39 Å². The van der Waals surface area contributed by atoms with Crippen LogP contribution in [0.3, 0.4) is 0 Å². The molecule has 0 radical (unpaired) electrons. The van der Waals surface area contributed by atoms with Crippen LogP contribution in [0, 0.1) is 5.82 Å². The number of likely N-dealkylation sites (N-methyl/N-ethyl adjacent to an activating group) is 1. The lowest BCUT2D eigenvalue weighted by atomic mass is 10.1. The molecule has 0 aliphatic rings. The zero-order chi connectivity index (χ0) is 14.5. The third-order valence-electron chi connectivity index (χ3n) is 3.45. The Bertz CT molecular complexity index is 565. The van der Waals surface area contributed by atoms with E-state index >= 15 is 0 Å². The second-order valence-corrected chi connectivity index (χ2v) is 4.71. The van der Waals surface area contributed by atoms with E-state index in [0.717, 1.165) is 24.4 Å². The first-order chi connectivity index (χ1) is 9.69. The van der Waals surface area contributed by atoms with Gasteiger partial charge in [0.05, 0.1) is 17.4 Å². The predicted octanol–water partition coefficient (Wildman–Crippen LogP) is 2.50. The first-order valence-corrected chi connectivity index (χ1v) is 7.02. The molecule has 20 heavy (non-hydrogen) atoms. The maximum atomic E-state index is 13.9. The Morgan fingerprint density at radius 3 is 2.80 bits per heavy atom. The van der Waals surface area contributed by atoms with E-state index in [4.69, 9.17) is 0 Å². The van der Waals surface area contributed by atoms with Crippen molar-refractivity contribution in [2.45, 2.75) is 39.3 Å². The fourth-order valence-electron chi connectivity index (χ4n) is 2.32. The molecule has 5 heteroatoms. The van der Waals surface area contributed by atoms with Crippen molar-refractivity contribution < 1.29 is 4.39 Å². The number of halogens is 1. The minimum atomic E-state index is -0.273. The van der Waals surface area contributed by atoms with E-state index in [9.17, 15) is 4.39 Å². The van der Waals surface area contributed by atoms with Gasteiger partial charge in [0.25, 0.3) is 0 Å². The van der Waals surface area contributed by atoms with E-state index in [-0.39, 0.29) is 11.9 Å². The normalized spacial score (nSPS) is 12.6. The largest absolute Gasteiger partial charge is 0.311 e. The van der Waals surface area contributed by atoms with Crippen LogP contribution < -0.4 is 5.32 Å². The summed E-state index contributed by atoms with van der Waals surface area (Å²) in [5.74, 6) is -0.273. The van der Waals surface area contributed by atoms with Gasteiger partial charge in [-0.05, 0) is 38.6 Å². The minimum absolute atomic E-state index is 0.150. The number of rotatable bonds is 6. The predicted molar refractivity (Wildman–Crippen MR) is 77.0 cm³/mol. The monoisotopic (exact) mass is 276 g/mol. The van der Waals surface area contributed by atoms with Crippen LogP contribution in [0.1, 0.15) is 37.0 Å². The average molecular weight is 276 g/mol. The summed E-state index contributed by atoms with van der Waals surface area (Å²) in [5, 5.41) is 7.67. The Morgan fingerprint density at radius 1 is 1.40 bits per heavy atom. The van der Waals surface area contributed by atoms with Crippen molar-refractivity contribution in [2.75, 3.05) is 7.05 Å².